The predicted molar refractivity (Wildman–Crippen MR) is 105 cm³/mol. The van der Waals surface area contributed by atoms with Crippen LogP contribution in [0, 0.1) is 6.92 Å². The Labute approximate surface area is 162 Å². The van der Waals surface area contributed by atoms with Gasteiger partial charge in [-0.2, -0.15) is 5.10 Å². The molecule has 3 aromatic rings. The van der Waals surface area contributed by atoms with Crippen LogP contribution in [-0.4, -0.2) is 41.8 Å². The van der Waals surface area contributed by atoms with E-state index in [2.05, 4.69) is 10.4 Å². The van der Waals surface area contributed by atoms with Crippen LogP contribution < -0.4 is 5.32 Å². The van der Waals surface area contributed by atoms with Gasteiger partial charge in [-0.3, -0.25) is 4.98 Å². The molecule has 7 nitrogen and oxygen atoms in total. The normalized spacial score (nSPS) is 14.4. The second kappa shape index (κ2) is 6.73. The first-order chi connectivity index (χ1) is 12.8. The highest BCUT2D eigenvalue weighted by Gasteiger charge is 2.19. The van der Waals surface area contributed by atoms with E-state index in [1.54, 1.807) is 24.4 Å². The number of imidazole rings is 1. The topological polar surface area (TPSA) is 88.2 Å². The molecule has 1 aliphatic rings. The number of hydrogen-bond acceptors (Lipinski definition) is 6. The highest BCUT2D eigenvalue weighted by molar-refractivity contribution is 6.29. The standard InChI is InChI=1S/C19H23ClN6O/c1-11-17(23-13-7-5-4-6-12(13)22-11)15-9-26-18(24-15)14(8-16(20)25-26)21-10-19(2,3)27/h8-9,21,27H,4-7,10H2,1-3H3. The molecular weight excluding hydrogens is 364 g/mol. The molecular formula is C19H23ClN6O. The minimum Gasteiger partial charge on any atom is -0.389 e. The van der Waals surface area contributed by atoms with Crippen molar-refractivity contribution in [2.75, 3.05) is 11.9 Å². The Morgan fingerprint density at radius 1 is 1.19 bits per heavy atom. The summed E-state index contributed by atoms with van der Waals surface area (Å²) in [6, 6.07) is 1.71. The third-order valence-corrected chi connectivity index (χ3v) is 4.84. The molecule has 0 aliphatic heterocycles. The minimum absolute atomic E-state index is 0.345. The van der Waals surface area contributed by atoms with Crippen molar-refractivity contribution in [3.05, 3.63) is 34.5 Å². The van der Waals surface area contributed by atoms with Crippen LogP contribution in [-0.2, 0) is 12.8 Å². The van der Waals surface area contributed by atoms with Gasteiger partial charge in [0.05, 0.1) is 34.6 Å². The maximum Gasteiger partial charge on any atom is 0.177 e. The average molecular weight is 387 g/mol. The molecule has 0 bridgehead atoms. The van der Waals surface area contributed by atoms with Crippen molar-refractivity contribution in [1.29, 1.82) is 0 Å². The smallest absolute Gasteiger partial charge is 0.177 e. The van der Waals surface area contributed by atoms with Gasteiger partial charge < -0.3 is 10.4 Å². The molecule has 27 heavy (non-hydrogen) atoms. The predicted octanol–water partition coefficient (Wildman–Crippen LogP) is 3.21. The Bertz CT molecular complexity index is 1010. The van der Waals surface area contributed by atoms with Crippen molar-refractivity contribution >= 4 is 22.9 Å². The van der Waals surface area contributed by atoms with Crippen LogP contribution in [0.15, 0.2) is 12.3 Å². The van der Waals surface area contributed by atoms with Crippen molar-refractivity contribution in [3.63, 3.8) is 0 Å². The second-order valence-electron chi connectivity index (χ2n) is 7.70. The summed E-state index contributed by atoms with van der Waals surface area (Å²) in [5.41, 5.74) is 5.05. The fourth-order valence-electron chi connectivity index (χ4n) is 3.33. The highest BCUT2D eigenvalue weighted by atomic mass is 35.5. The van der Waals surface area contributed by atoms with Crippen LogP contribution in [0.2, 0.25) is 5.15 Å². The van der Waals surface area contributed by atoms with E-state index >= 15 is 0 Å². The van der Waals surface area contributed by atoms with Gasteiger partial charge in [-0.15, -0.1) is 0 Å². The van der Waals surface area contributed by atoms with Gasteiger partial charge in [-0.1, -0.05) is 11.6 Å². The minimum atomic E-state index is -0.858. The monoisotopic (exact) mass is 386 g/mol. The zero-order chi connectivity index (χ0) is 19.2. The lowest BCUT2D eigenvalue weighted by Gasteiger charge is -2.18. The van der Waals surface area contributed by atoms with Crippen LogP contribution in [0.3, 0.4) is 0 Å². The second-order valence-corrected chi connectivity index (χ2v) is 8.09. The Morgan fingerprint density at radius 3 is 2.59 bits per heavy atom. The fourth-order valence-corrected chi connectivity index (χ4v) is 3.52. The zero-order valence-electron chi connectivity index (χ0n) is 15.8. The van der Waals surface area contributed by atoms with Crippen molar-refractivity contribution < 1.29 is 5.11 Å². The number of nitrogens with one attached hydrogen (secondary N) is 1. The first-order valence-electron chi connectivity index (χ1n) is 9.19. The number of hydrogen-bond donors (Lipinski definition) is 2. The maximum absolute atomic E-state index is 10.00. The van der Waals surface area contributed by atoms with Crippen LogP contribution in [0.25, 0.3) is 17.0 Å². The lowest BCUT2D eigenvalue weighted by molar-refractivity contribution is 0.0945. The molecule has 0 unspecified atom stereocenters. The molecule has 4 rings (SSSR count). The summed E-state index contributed by atoms with van der Waals surface area (Å²) in [5, 5.41) is 17.9. The first kappa shape index (κ1) is 18.1. The molecule has 0 radical (unpaired) electrons. The van der Waals surface area contributed by atoms with E-state index in [0.29, 0.717) is 23.0 Å². The number of halogens is 1. The van der Waals surface area contributed by atoms with Crippen LogP contribution >= 0.6 is 11.6 Å². The van der Waals surface area contributed by atoms with E-state index in [4.69, 9.17) is 26.6 Å². The molecule has 0 amide bonds. The van der Waals surface area contributed by atoms with E-state index in [9.17, 15) is 5.11 Å². The summed E-state index contributed by atoms with van der Waals surface area (Å²) in [4.78, 5) is 14.3. The van der Waals surface area contributed by atoms with Crippen LogP contribution in [0.4, 0.5) is 5.69 Å². The SMILES string of the molecule is Cc1nc2c(nc1-c1cn3nc(Cl)cc(NCC(C)(C)O)c3n1)CCCC2. The van der Waals surface area contributed by atoms with E-state index < -0.39 is 5.60 Å². The highest BCUT2D eigenvalue weighted by Crippen LogP contribution is 2.27. The summed E-state index contributed by atoms with van der Waals surface area (Å²) in [7, 11) is 0. The zero-order valence-corrected chi connectivity index (χ0v) is 16.5. The number of nitrogens with zero attached hydrogens (tertiary/aromatic N) is 5. The maximum atomic E-state index is 10.00. The quantitative estimate of drug-likeness (QED) is 0.715. The van der Waals surface area contributed by atoms with Gasteiger partial charge >= 0.3 is 0 Å². The Balaban J connectivity index is 1.78. The van der Waals surface area contributed by atoms with Crippen molar-refractivity contribution in [1.82, 2.24) is 24.6 Å². The number of rotatable bonds is 4. The molecule has 3 heterocycles. The fraction of sp³-hybridized carbons (Fsp3) is 0.474. The Kier molecular flexibility index (Phi) is 4.52. The van der Waals surface area contributed by atoms with E-state index in [-0.39, 0.29) is 0 Å². The van der Waals surface area contributed by atoms with Crippen molar-refractivity contribution in [2.24, 2.45) is 0 Å². The molecule has 0 saturated heterocycles. The van der Waals surface area contributed by atoms with Gasteiger partial charge in [-0.05, 0) is 46.5 Å². The van der Waals surface area contributed by atoms with E-state index in [1.165, 1.54) is 6.42 Å². The molecule has 3 aromatic heterocycles. The van der Waals surface area contributed by atoms with Gasteiger partial charge in [0.1, 0.15) is 11.4 Å². The molecule has 2 N–H and O–H groups in total. The number of anilines is 1. The number of aliphatic hydroxyl groups is 1. The van der Waals surface area contributed by atoms with Gasteiger partial charge in [0.2, 0.25) is 0 Å². The van der Waals surface area contributed by atoms with Gasteiger partial charge in [0, 0.05) is 12.6 Å². The van der Waals surface area contributed by atoms with Crippen molar-refractivity contribution in [3.8, 4) is 11.4 Å². The third kappa shape index (κ3) is 3.75. The van der Waals surface area contributed by atoms with E-state index in [1.807, 2.05) is 13.1 Å². The molecule has 0 spiro atoms. The summed E-state index contributed by atoms with van der Waals surface area (Å²) < 4.78 is 1.64. The molecule has 8 heteroatoms. The van der Waals surface area contributed by atoms with Crippen LogP contribution in [0.5, 0.6) is 0 Å². The summed E-state index contributed by atoms with van der Waals surface area (Å²) in [5.74, 6) is 0. The van der Waals surface area contributed by atoms with Gasteiger partial charge in [-0.25, -0.2) is 14.5 Å². The first-order valence-corrected chi connectivity index (χ1v) is 9.57. The number of fused-ring (bicyclic) bond motifs is 2. The lowest BCUT2D eigenvalue weighted by Crippen LogP contribution is -2.29. The van der Waals surface area contributed by atoms with Gasteiger partial charge in [0.15, 0.2) is 10.8 Å². The summed E-state index contributed by atoms with van der Waals surface area (Å²) in [6.07, 6.45) is 6.11. The van der Waals surface area contributed by atoms with Crippen LogP contribution in [0.1, 0.15) is 43.8 Å². The molecule has 0 fully saturated rings. The van der Waals surface area contributed by atoms with Gasteiger partial charge in [0.25, 0.3) is 0 Å². The lowest BCUT2D eigenvalue weighted by atomic mass is 10.00. The van der Waals surface area contributed by atoms with E-state index in [0.717, 1.165) is 47.7 Å². The molecule has 0 saturated carbocycles. The third-order valence-electron chi connectivity index (χ3n) is 4.65. The largest absolute Gasteiger partial charge is 0.389 e. The summed E-state index contributed by atoms with van der Waals surface area (Å²) in [6.45, 7) is 5.81. The molecule has 0 atom stereocenters. The Morgan fingerprint density at radius 2 is 1.89 bits per heavy atom. The molecule has 0 aromatic carbocycles. The average Bonchev–Trinajstić information content (AvgIpc) is 3.02. The molecule has 1 aliphatic carbocycles. The number of aryl methyl sites for hydroxylation is 3. The van der Waals surface area contributed by atoms with Crippen molar-refractivity contribution in [2.45, 2.75) is 52.1 Å². The summed E-state index contributed by atoms with van der Waals surface area (Å²) >= 11 is 6.17. The Hall–Kier alpha value is -2.25. The number of aromatic nitrogens is 5. The molecule has 142 valence electrons.